The number of hydrogen-bond acceptors (Lipinski definition) is 3. The number of ketones is 1. The van der Waals surface area contributed by atoms with Gasteiger partial charge in [-0.15, -0.1) is 0 Å². The molecule has 5 heteroatoms. The Morgan fingerprint density at radius 2 is 1.88 bits per heavy atom. The van der Waals surface area contributed by atoms with Gasteiger partial charge in [0.2, 0.25) is 5.60 Å². The molecule has 24 heavy (non-hydrogen) atoms. The van der Waals surface area contributed by atoms with Crippen molar-refractivity contribution in [1.29, 1.82) is 0 Å². The molecule has 0 aliphatic carbocycles. The molecular weight excluding hydrogens is 370 g/mol. The number of rotatable bonds is 2. The lowest BCUT2D eigenvalue weighted by Gasteiger charge is -2.30. The van der Waals surface area contributed by atoms with E-state index in [-0.39, 0.29) is 18.1 Å². The van der Waals surface area contributed by atoms with Crippen LogP contribution in [0.15, 0.2) is 65.3 Å². The maximum absolute atomic E-state index is 13.2. The number of anilines is 1. The number of allylic oxidation sites excluding steroid dienone is 1. The molecule has 2 aliphatic rings. The molecule has 0 N–H and O–H groups in total. The fraction of sp³-hybridized carbons (Fsp3) is 0.158. The predicted octanol–water partition coefficient (Wildman–Crippen LogP) is 3.69. The quantitative estimate of drug-likeness (QED) is 0.794. The van der Waals surface area contributed by atoms with Gasteiger partial charge in [-0.2, -0.15) is 0 Å². The van der Waals surface area contributed by atoms with Crippen molar-refractivity contribution in [2.45, 2.75) is 18.6 Å². The Morgan fingerprint density at radius 1 is 1.08 bits per heavy atom. The van der Waals surface area contributed by atoms with Gasteiger partial charge in [0.25, 0.3) is 5.91 Å². The van der Waals surface area contributed by atoms with Crippen molar-refractivity contribution >= 4 is 33.3 Å². The van der Waals surface area contributed by atoms with Gasteiger partial charge in [0.05, 0.1) is 24.9 Å². The van der Waals surface area contributed by atoms with Gasteiger partial charge in [0, 0.05) is 16.1 Å². The fourth-order valence-electron chi connectivity index (χ4n) is 3.34. The van der Waals surface area contributed by atoms with Gasteiger partial charge < -0.3 is 9.64 Å². The maximum Gasteiger partial charge on any atom is 0.276 e. The number of amides is 1. The molecule has 0 saturated carbocycles. The van der Waals surface area contributed by atoms with Crippen molar-refractivity contribution in [2.75, 3.05) is 4.90 Å². The van der Waals surface area contributed by atoms with E-state index in [9.17, 15) is 9.59 Å². The summed E-state index contributed by atoms with van der Waals surface area (Å²) in [5, 5.41) is 0. The van der Waals surface area contributed by atoms with Crippen LogP contribution in [0.4, 0.5) is 5.69 Å². The first-order valence-electron chi connectivity index (χ1n) is 7.64. The average Bonchev–Trinajstić information content (AvgIpc) is 2.79. The Balaban J connectivity index is 1.84. The smallest absolute Gasteiger partial charge is 0.276 e. The molecule has 0 aromatic heterocycles. The summed E-state index contributed by atoms with van der Waals surface area (Å²) in [6, 6.07) is 15.4. The van der Waals surface area contributed by atoms with Gasteiger partial charge in [-0.25, -0.2) is 0 Å². The molecule has 1 atom stereocenters. The van der Waals surface area contributed by atoms with Crippen LogP contribution in [0.5, 0.6) is 0 Å². The summed E-state index contributed by atoms with van der Waals surface area (Å²) in [4.78, 5) is 26.9. The number of hydrogen-bond donors (Lipinski definition) is 0. The van der Waals surface area contributed by atoms with Gasteiger partial charge in [0.15, 0.2) is 5.78 Å². The first-order valence-corrected chi connectivity index (χ1v) is 8.43. The van der Waals surface area contributed by atoms with Gasteiger partial charge in [-0.05, 0) is 17.7 Å². The molecule has 1 spiro atoms. The molecule has 0 fully saturated rings. The monoisotopic (exact) mass is 383 g/mol. The second kappa shape index (κ2) is 5.60. The Bertz CT molecular complexity index is 862. The van der Waals surface area contributed by atoms with E-state index in [0.29, 0.717) is 6.54 Å². The summed E-state index contributed by atoms with van der Waals surface area (Å²) >= 11 is 3.52. The molecule has 4 rings (SSSR count). The molecule has 1 amide bonds. The minimum Gasteiger partial charge on any atom is -0.479 e. The van der Waals surface area contributed by atoms with E-state index in [0.717, 1.165) is 21.3 Å². The molecule has 0 saturated heterocycles. The van der Waals surface area contributed by atoms with Gasteiger partial charge in [-0.3, -0.25) is 9.59 Å². The second-order valence-electron chi connectivity index (χ2n) is 5.90. The topological polar surface area (TPSA) is 46.6 Å². The van der Waals surface area contributed by atoms with E-state index in [1.807, 2.05) is 48.5 Å². The molecule has 4 nitrogen and oxygen atoms in total. The van der Waals surface area contributed by atoms with Crippen LogP contribution in [0.3, 0.4) is 0 Å². The summed E-state index contributed by atoms with van der Waals surface area (Å²) in [5.41, 5.74) is 1.26. The number of ether oxygens (including phenoxy) is 1. The second-order valence-corrected chi connectivity index (χ2v) is 6.76. The van der Waals surface area contributed by atoms with Crippen LogP contribution < -0.4 is 4.90 Å². The minimum absolute atomic E-state index is 0.0171. The van der Waals surface area contributed by atoms with Crippen molar-refractivity contribution in [3.8, 4) is 0 Å². The van der Waals surface area contributed by atoms with Crippen molar-refractivity contribution in [1.82, 2.24) is 0 Å². The SMILES string of the molecule is O=C1C=COC2(C1)C(=O)N(Cc1ccccc1)c1cccc(Br)c12. The van der Waals surface area contributed by atoms with E-state index in [2.05, 4.69) is 15.9 Å². The summed E-state index contributed by atoms with van der Waals surface area (Å²) in [6.07, 6.45) is 2.72. The highest BCUT2D eigenvalue weighted by Gasteiger charge is 2.55. The van der Waals surface area contributed by atoms with E-state index < -0.39 is 5.60 Å². The average molecular weight is 384 g/mol. The molecule has 1 unspecified atom stereocenters. The number of benzene rings is 2. The van der Waals surface area contributed by atoms with Crippen LogP contribution >= 0.6 is 15.9 Å². The highest BCUT2D eigenvalue weighted by atomic mass is 79.9. The van der Waals surface area contributed by atoms with Crippen LogP contribution in [0.25, 0.3) is 0 Å². The summed E-state index contributed by atoms with van der Waals surface area (Å²) in [6.45, 7) is 0.437. The highest BCUT2D eigenvalue weighted by Crippen LogP contribution is 2.50. The molecule has 2 aromatic carbocycles. The fourth-order valence-corrected chi connectivity index (χ4v) is 4.02. The Kier molecular flexibility index (Phi) is 3.53. The normalized spacial score (nSPS) is 22.0. The van der Waals surface area contributed by atoms with E-state index in [1.54, 1.807) is 4.90 Å². The largest absolute Gasteiger partial charge is 0.479 e. The zero-order valence-corrected chi connectivity index (χ0v) is 14.3. The third-order valence-electron chi connectivity index (χ3n) is 4.41. The van der Waals surface area contributed by atoms with Gasteiger partial charge in [-0.1, -0.05) is 52.3 Å². The van der Waals surface area contributed by atoms with Crippen LogP contribution in [0.2, 0.25) is 0 Å². The van der Waals surface area contributed by atoms with Crippen molar-refractivity contribution in [2.24, 2.45) is 0 Å². The third-order valence-corrected chi connectivity index (χ3v) is 5.07. The predicted molar refractivity (Wildman–Crippen MR) is 93.3 cm³/mol. The van der Waals surface area contributed by atoms with Crippen LogP contribution in [0, 0.1) is 0 Å². The Morgan fingerprint density at radius 3 is 2.62 bits per heavy atom. The minimum atomic E-state index is -1.27. The number of fused-ring (bicyclic) bond motifs is 2. The summed E-state index contributed by atoms with van der Waals surface area (Å²) in [5.74, 6) is -0.316. The van der Waals surface area contributed by atoms with E-state index >= 15 is 0 Å². The number of halogens is 1. The lowest BCUT2D eigenvalue weighted by atomic mass is 9.88. The first-order chi connectivity index (χ1) is 11.6. The number of carbonyl (C=O) groups excluding carboxylic acids is 2. The summed E-state index contributed by atoms with van der Waals surface area (Å²) in [7, 11) is 0. The van der Waals surface area contributed by atoms with Crippen LogP contribution in [-0.2, 0) is 26.5 Å². The van der Waals surface area contributed by atoms with Crippen LogP contribution in [0.1, 0.15) is 17.5 Å². The molecule has 2 aromatic rings. The Hall–Kier alpha value is -2.40. The molecular formula is C19H14BrNO3. The van der Waals surface area contributed by atoms with E-state index in [4.69, 9.17) is 4.74 Å². The maximum atomic E-state index is 13.2. The first kappa shape index (κ1) is 15.1. The van der Waals surface area contributed by atoms with E-state index in [1.165, 1.54) is 12.3 Å². The Labute approximate surface area is 147 Å². The molecule has 0 bridgehead atoms. The van der Waals surface area contributed by atoms with Crippen molar-refractivity contribution in [3.63, 3.8) is 0 Å². The van der Waals surface area contributed by atoms with Crippen LogP contribution in [-0.4, -0.2) is 11.7 Å². The zero-order chi connectivity index (χ0) is 16.7. The highest BCUT2D eigenvalue weighted by molar-refractivity contribution is 9.10. The molecule has 120 valence electrons. The van der Waals surface area contributed by atoms with Crippen molar-refractivity contribution < 1.29 is 14.3 Å². The number of carbonyl (C=O) groups is 2. The van der Waals surface area contributed by atoms with Gasteiger partial charge >= 0.3 is 0 Å². The number of nitrogens with zero attached hydrogens (tertiary/aromatic N) is 1. The zero-order valence-electron chi connectivity index (χ0n) is 12.7. The molecule has 2 aliphatic heterocycles. The summed E-state index contributed by atoms with van der Waals surface area (Å²) < 4.78 is 6.53. The lowest BCUT2D eigenvalue weighted by Crippen LogP contribution is -2.44. The molecule has 2 heterocycles. The van der Waals surface area contributed by atoms with Crippen molar-refractivity contribution in [3.05, 3.63) is 76.5 Å². The lowest BCUT2D eigenvalue weighted by molar-refractivity contribution is -0.143. The van der Waals surface area contributed by atoms with Gasteiger partial charge in [0.1, 0.15) is 0 Å². The third kappa shape index (κ3) is 2.19. The standard InChI is InChI=1S/C19H14BrNO3/c20-15-7-4-8-16-17(15)19(11-14(22)9-10-24-19)18(23)21(16)12-13-5-2-1-3-6-13/h1-10H,11-12H2. The molecule has 0 radical (unpaired) electrons.